The lowest BCUT2D eigenvalue weighted by Crippen LogP contribution is -2.38. The number of halogens is 3. The fourth-order valence-electron chi connectivity index (χ4n) is 2.29. The SMILES string of the molecule is O=CC=C[C@@]1(Nc2cccc(C(F)(F)F)c2)CCNC1. The minimum atomic E-state index is -4.36. The molecule has 1 aromatic rings. The van der Waals surface area contributed by atoms with E-state index in [4.69, 9.17) is 0 Å². The number of nitrogens with one attached hydrogen (secondary N) is 2. The Morgan fingerprint density at radius 3 is 2.75 bits per heavy atom. The number of anilines is 1. The molecule has 2 rings (SSSR count). The second-order valence-electron chi connectivity index (χ2n) is 4.78. The van der Waals surface area contributed by atoms with Crippen molar-refractivity contribution in [2.24, 2.45) is 0 Å². The molecule has 2 N–H and O–H groups in total. The summed E-state index contributed by atoms with van der Waals surface area (Å²) in [5.41, 5.74) is -0.826. The van der Waals surface area contributed by atoms with Crippen LogP contribution in [0.4, 0.5) is 18.9 Å². The van der Waals surface area contributed by atoms with Gasteiger partial charge in [0.15, 0.2) is 0 Å². The standard InChI is InChI=1S/C14H15F3N2O/c15-14(16,17)11-3-1-4-12(9-11)19-13(5-2-8-20)6-7-18-10-13/h1-5,8-9,18-19H,6-7,10H2/t13-/m1/s1. The molecule has 1 fully saturated rings. The van der Waals surface area contributed by atoms with Gasteiger partial charge in [0.1, 0.15) is 6.29 Å². The summed E-state index contributed by atoms with van der Waals surface area (Å²) in [4.78, 5) is 10.5. The van der Waals surface area contributed by atoms with Crippen molar-refractivity contribution in [2.45, 2.75) is 18.1 Å². The maximum Gasteiger partial charge on any atom is 0.416 e. The summed E-state index contributed by atoms with van der Waals surface area (Å²) in [6, 6.07) is 5.07. The van der Waals surface area contributed by atoms with Gasteiger partial charge < -0.3 is 10.6 Å². The molecular weight excluding hydrogens is 269 g/mol. The predicted octanol–water partition coefficient (Wildman–Crippen LogP) is 2.60. The van der Waals surface area contributed by atoms with Crippen LogP contribution < -0.4 is 10.6 Å². The van der Waals surface area contributed by atoms with E-state index in [1.807, 2.05) is 0 Å². The molecule has 1 aliphatic rings. The van der Waals surface area contributed by atoms with Crippen LogP contribution in [0.1, 0.15) is 12.0 Å². The van der Waals surface area contributed by atoms with Crippen molar-refractivity contribution in [1.29, 1.82) is 0 Å². The average molecular weight is 284 g/mol. The monoisotopic (exact) mass is 284 g/mol. The summed E-state index contributed by atoms with van der Waals surface area (Å²) < 4.78 is 38.0. The van der Waals surface area contributed by atoms with E-state index >= 15 is 0 Å². The third-order valence-corrected chi connectivity index (χ3v) is 3.27. The van der Waals surface area contributed by atoms with E-state index in [0.29, 0.717) is 24.9 Å². The molecule has 0 aliphatic carbocycles. The Bertz CT molecular complexity index is 505. The summed E-state index contributed by atoms with van der Waals surface area (Å²) >= 11 is 0. The number of allylic oxidation sites excluding steroid dienone is 1. The lowest BCUT2D eigenvalue weighted by Gasteiger charge is -2.27. The summed E-state index contributed by atoms with van der Waals surface area (Å²) in [5.74, 6) is 0. The molecule has 6 heteroatoms. The molecule has 0 spiro atoms. The Kier molecular flexibility index (Phi) is 4.13. The third-order valence-electron chi connectivity index (χ3n) is 3.27. The van der Waals surface area contributed by atoms with Gasteiger partial charge in [0.05, 0.1) is 11.1 Å². The highest BCUT2D eigenvalue weighted by atomic mass is 19.4. The van der Waals surface area contributed by atoms with E-state index in [0.717, 1.165) is 18.7 Å². The van der Waals surface area contributed by atoms with E-state index < -0.39 is 17.3 Å². The van der Waals surface area contributed by atoms with E-state index in [9.17, 15) is 18.0 Å². The lowest BCUT2D eigenvalue weighted by atomic mass is 9.97. The maximum absolute atomic E-state index is 12.7. The topological polar surface area (TPSA) is 41.1 Å². The molecule has 108 valence electrons. The van der Waals surface area contributed by atoms with Gasteiger partial charge in [0.2, 0.25) is 0 Å². The van der Waals surface area contributed by atoms with Crippen LogP contribution in [-0.4, -0.2) is 24.9 Å². The van der Waals surface area contributed by atoms with E-state index in [1.165, 1.54) is 12.1 Å². The van der Waals surface area contributed by atoms with Crippen molar-refractivity contribution in [3.63, 3.8) is 0 Å². The van der Waals surface area contributed by atoms with Crippen molar-refractivity contribution in [3.8, 4) is 0 Å². The van der Waals surface area contributed by atoms with Crippen LogP contribution in [0.15, 0.2) is 36.4 Å². The molecule has 3 nitrogen and oxygen atoms in total. The van der Waals surface area contributed by atoms with Crippen molar-refractivity contribution >= 4 is 12.0 Å². The van der Waals surface area contributed by atoms with E-state index in [-0.39, 0.29) is 0 Å². The van der Waals surface area contributed by atoms with Crippen molar-refractivity contribution in [3.05, 3.63) is 42.0 Å². The van der Waals surface area contributed by atoms with Crippen LogP contribution in [0, 0.1) is 0 Å². The average Bonchev–Trinajstić information content (AvgIpc) is 2.85. The highest BCUT2D eigenvalue weighted by Gasteiger charge is 2.33. The van der Waals surface area contributed by atoms with Crippen molar-refractivity contribution < 1.29 is 18.0 Å². The first-order valence-corrected chi connectivity index (χ1v) is 6.24. The highest BCUT2D eigenvalue weighted by Crippen LogP contribution is 2.32. The van der Waals surface area contributed by atoms with Crippen LogP contribution in [-0.2, 0) is 11.0 Å². The second-order valence-corrected chi connectivity index (χ2v) is 4.78. The van der Waals surface area contributed by atoms with Crippen LogP contribution in [0.3, 0.4) is 0 Å². The Balaban J connectivity index is 2.23. The van der Waals surface area contributed by atoms with Gasteiger partial charge in [-0.2, -0.15) is 13.2 Å². The Hall–Kier alpha value is -1.82. The molecule has 20 heavy (non-hydrogen) atoms. The van der Waals surface area contributed by atoms with E-state index in [2.05, 4.69) is 10.6 Å². The molecule has 0 bridgehead atoms. The molecule has 1 aromatic carbocycles. The first-order chi connectivity index (χ1) is 9.45. The third kappa shape index (κ3) is 3.39. The lowest BCUT2D eigenvalue weighted by molar-refractivity contribution is -0.137. The number of carbonyl (C=O) groups is 1. The molecule has 0 radical (unpaired) electrons. The van der Waals surface area contributed by atoms with Crippen LogP contribution in [0.25, 0.3) is 0 Å². The summed E-state index contributed by atoms with van der Waals surface area (Å²) in [5, 5.41) is 6.23. The summed E-state index contributed by atoms with van der Waals surface area (Å²) in [6.45, 7) is 1.31. The smallest absolute Gasteiger partial charge is 0.375 e. The molecule has 0 unspecified atom stereocenters. The van der Waals surface area contributed by atoms with Crippen LogP contribution in [0.2, 0.25) is 0 Å². The number of alkyl halides is 3. The normalized spacial score (nSPS) is 23.1. The molecule has 0 amide bonds. The minimum absolute atomic E-state index is 0.388. The van der Waals surface area contributed by atoms with Crippen LogP contribution in [0.5, 0.6) is 0 Å². The molecule has 1 aliphatic heterocycles. The molecule has 1 saturated heterocycles. The van der Waals surface area contributed by atoms with Crippen molar-refractivity contribution in [1.82, 2.24) is 5.32 Å². The van der Waals surface area contributed by atoms with Crippen LogP contribution >= 0.6 is 0 Å². The molecule has 0 saturated carbocycles. The number of benzene rings is 1. The van der Waals surface area contributed by atoms with Crippen molar-refractivity contribution in [2.75, 3.05) is 18.4 Å². The summed E-state index contributed by atoms with van der Waals surface area (Å²) in [7, 11) is 0. The fourth-order valence-corrected chi connectivity index (χ4v) is 2.29. The number of hydrogen-bond acceptors (Lipinski definition) is 3. The predicted molar refractivity (Wildman–Crippen MR) is 70.5 cm³/mol. The van der Waals surface area contributed by atoms with Gasteiger partial charge in [0, 0.05) is 12.2 Å². The molecule has 0 aromatic heterocycles. The maximum atomic E-state index is 12.7. The zero-order chi connectivity index (χ0) is 14.6. The second kappa shape index (κ2) is 5.66. The molecular formula is C14H15F3N2O. The quantitative estimate of drug-likeness (QED) is 0.659. The number of hydrogen-bond donors (Lipinski definition) is 2. The van der Waals surface area contributed by atoms with Gasteiger partial charge in [-0.1, -0.05) is 12.1 Å². The van der Waals surface area contributed by atoms with E-state index in [1.54, 1.807) is 12.1 Å². The number of carbonyl (C=O) groups excluding carboxylic acids is 1. The first-order valence-electron chi connectivity index (χ1n) is 6.24. The van der Waals surface area contributed by atoms with Gasteiger partial charge >= 0.3 is 6.18 Å². The number of aldehydes is 1. The summed E-state index contributed by atoms with van der Waals surface area (Å²) in [6.07, 6.45) is 0.0623. The van der Waals surface area contributed by atoms with Gasteiger partial charge in [-0.3, -0.25) is 4.79 Å². The fraction of sp³-hybridized carbons (Fsp3) is 0.357. The van der Waals surface area contributed by atoms with Gasteiger partial charge in [-0.05, 0) is 37.2 Å². The first kappa shape index (κ1) is 14.6. The van der Waals surface area contributed by atoms with Gasteiger partial charge in [-0.15, -0.1) is 0 Å². The van der Waals surface area contributed by atoms with Gasteiger partial charge in [0.25, 0.3) is 0 Å². The zero-order valence-corrected chi connectivity index (χ0v) is 10.7. The number of rotatable bonds is 4. The Labute approximate surface area is 114 Å². The molecule has 1 heterocycles. The highest BCUT2D eigenvalue weighted by molar-refractivity contribution is 5.66. The Morgan fingerprint density at radius 2 is 2.15 bits per heavy atom. The van der Waals surface area contributed by atoms with Gasteiger partial charge in [-0.25, -0.2) is 0 Å². The zero-order valence-electron chi connectivity index (χ0n) is 10.7. The molecule has 1 atom stereocenters. The minimum Gasteiger partial charge on any atom is -0.375 e. The Morgan fingerprint density at radius 1 is 1.35 bits per heavy atom. The largest absolute Gasteiger partial charge is 0.416 e.